The lowest BCUT2D eigenvalue weighted by molar-refractivity contribution is 0.694. The Morgan fingerprint density at radius 2 is 2.35 bits per heavy atom. The minimum Gasteiger partial charge on any atom is -0.309 e. The van der Waals surface area contributed by atoms with Crippen LogP contribution >= 0.6 is 11.3 Å². The second kappa shape index (κ2) is 4.23. The van der Waals surface area contributed by atoms with Crippen LogP contribution in [0, 0.1) is 6.92 Å². The van der Waals surface area contributed by atoms with Gasteiger partial charge in [-0.15, -0.1) is 11.3 Å². The normalized spacial score (nSPS) is 15.4. The van der Waals surface area contributed by atoms with Gasteiger partial charge in [-0.2, -0.15) is 5.10 Å². The van der Waals surface area contributed by atoms with Crippen molar-refractivity contribution < 1.29 is 0 Å². The first-order valence-corrected chi connectivity index (χ1v) is 6.73. The third-order valence-corrected chi connectivity index (χ3v) is 3.97. The highest BCUT2D eigenvalue weighted by Crippen LogP contribution is 2.28. The summed E-state index contributed by atoms with van der Waals surface area (Å²) < 4.78 is 1.84. The van der Waals surface area contributed by atoms with Gasteiger partial charge < -0.3 is 5.32 Å². The zero-order valence-corrected chi connectivity index (χ0v) is 10.9. The number of nitrogens with zero attached hydrogens (tertiary/aromatic N) is 3. The number of aromatic nitrogens is 3. The quantitative estimate of drug-likeness (QED) is 0.901. The van der Waals surface area contributed by atoms with E-state index in [4.69, 9.17) is 0 Å². The van der Waals surface area contributed by atoms with E-state index in [1.807, 2.05) is 31.0 Å². The first-order chi connectivity index (χ1) is 8.22. The molecule has 1 fully saturated rings. The molecule has 90 valence electrons. The van der Waals surface area contributed by atoms with Crippen molar-refractivity contribution in [3.8, 4) is 10.6 Å². The molecule has 1 saturated carbocycles. The molecule has 2 aromatic rings. The largest absolute Gasteiger partial charge is 0.309 e. The summed E-state index contributed by atoms with van der Waals surface area (Å²) in [7, 11) is 1.94. The summed E-state index contributed by atoms with van der Waals surface area (Å²) in [6.07, 6.45) is 6.66. The van der Waals surface area contributed by atoms with Crippen LogP contribution in [0.2, 0.25) is 0 Å². The molecule has 0 radical (unpaired) electrons. The second-order valence-corrected chi connectivity index (χ2v) is 5.70. The van der Waals surface area contributed by atoms with Crippen LogP contribution in [0.25, 0.3) is 10.6 Å². The summed E-state index contributed by atoms with van der Waals surface area (Å²) >= 11 is 1.76. The van der Waals surface area contributed by atoms with Gasteiger partial charge in [0.1, 0.15) is 5.01 Å². The lowest BCUT2D eigenvalue weighted by Gasteiger charge is -1.97. The molecule has 1 aliphatic carbocycles. The van der Waals surface area contributed by atoms with E-state index in [1.165, 1.54) is 17.7 Å². The van der Waals surface area contributed by atoms with Crippen molar-refractivity contribution in [2.45, 2.75) is 32.4 Å². The Kier molecular flexibility index (Phi) is 2.72. The van der Waals surface area contributed by atoms with Gasteiger partial charge in [0, 0.05) is 36.9 Å². The zero-order valence-electron chi connectivity index (χ0n) is 10.1. The van der Waals surface area contributed by atoms with Crippen LogP contribution < -0.4 is 5.32 Å². The minimum atomic E-state index is 0.751. The summed E-state index contributed by atoms with van der Waals surface area (Å²) in [6.45, 7) is 2.97. The minimum absolute atomic E-state index is 0.751. The van der Waals surface area contributed by atoms with E-state index in [-0.39, 0.29) is 0 Å². The second-order valence-electron chi connectivity index (χ2n) is 4.59. The van der Waals surface area contributed by atoms with Gasteiger partial charge in [0.25, 0.3) is 0 Å². The van der Waals surface area contributed by atoms with Gasteiger partial charge in [0.05, 0.1) is 11.3 Å². The lowest BCUT2D eigenvalue weighted by atomic mass is 10.3. The number of hydrogen-bond donors (Lipinski definition) is 1. The van der Waals surface area contributed by atoms with Gasteiger partial charge in [-0.05, 0) is 19.8 Å². The van der Waals surface area contributed by atoms with Gasteiger partial charge in [0.2, 0.25) is 0 Å². The number of hydrogen-bond acceptors (Lipinski definition) is 4. The molecule has 3 rings (SSSR count). The molecular formula is C12H16N4S. The van der Waals surface area contributed by atoms with Crippen molar-refractivity contribution in [1.29, 1.82) is 0 Å². The molecular weight excluding hydrogens is 232 g/mol. The van der Waals surface area contributed by atoms with Crippen LogP contribution in [0.1, 0.15) is 23.4 Å². The van der Waals surface area contributed by atoms with Crippen molar-refractivity contribution in [1.82, 2.24) is 20.1 Å². The monoisotopic (exact) mass is 248 g/mol. The fraction of sp³-hybridized carbons (Fsp3) is 0.500. The number of thiazole rings is 1. The first-order valence-electron chi connectivity index (χ1n) is 5.91. The van der Waals surface area contributed by atoms with Gasteiger partial charge >= 0.3 is 0 Å². The maximum atomic E-state index is 4.48. The molecule has 0 aliphatic heterocycles. The van der Waals surface area contributed by atoms with E-state index >= 15 is 0 Å². The van der Waals surface area contributed by atoms with E-state index in [0.29, 0.717) is 0 Å². The molecule has 0 unspecified atom stereocenters. The number of aryl methyl sites for hydroxylation is 2. The smallest absolute Gasteiger partial charge is 0.127 e. The molecule has 0 bridgehead atoms. The highest BCUT2D eigenvalue weighted by molar-refractivity contribution is 7.15. The van der Waals surface area contributed by atoms with E-state index < -0.39 is 0 Å². The average molecular weight is 248 g/mol. The van der Waals surface area contributed by atoms with Gasteiger partial charge in [0.15, 0.2) is 0 Å². The molecule has 1 aliphatic rings. The molecule has 0 spiro atoms. The molecule has 1 N–H and O–H groups in total. The summed E-state index contributed by atoms with van der Waals surface area (Å²) in [6, 6.07) is 0.751. The molecule has 0 atom stereocenters. The standard InChI is InChI=1S/C12H16N4S/c1-8-11(7-16(2)15-8)12-14-6-10(17-12)5-13-9-3-4-9/h6-7,9,13H,3-5H2,1-2H3. The number of rotatable bonds is 4. The van der Waals surface area contributed by atoms with Crippen molar-refractivity contribution in [2.24, 2.45) is 7.05 Å². The van der Waals surface area contributed by atoms with Crippen LogP contribution in [0.3, 0.4) is 0 Å². The van der Waals surface area contributed by atoms with Crippen LogP contribution in [0.4, 0.5) is 0 Å². The lowest BCUT2D eigenvalue weighted by Crippen LogP contribution is -2.14. The topological polar surface area (TPSA) is 42.7 Å². The third-order valence-electron chi connectivity index (χ3n) is 2.94. The van der Waals surface area contributed by atoms with Crippen molar-refractivity contribution in [3.63, 3.8) is 0 Å². The van der Waals surface area contributed by atoms with Crippen molar-refractivity contribution in [3.05, 3.63) is 23.0 Å². The van der Waals surface area contributed by atoms with Gasteiger partial charge in [-0.25, -0.2) is 4.98 Å². The fourth-order valence-corrected chi connectivity index (χ4v) is 2.78. The van der Waals surface area contributed by atoms with Crippen LogP contribution in [0.5, 0.6) is 0 Å². The first kappa shape index (κ1) is 10.9. The highest BCUT2D eigenvalue weighted by atomic mass is 32.1. The predicted octanol–water partition coefficient (Wildman–Crippen LogP) is 2.10. The Morgan fingerprint density at radius 3 is 3.00 bits per heavy atom. The maximum Gasteiger partial charge on any atom is 0.127 e. The Bertz CT molecular complexity index is 524. The Labute approximate surface area is 105 Å². The molecule has 4 nitrogen and oxygen atoms in total. The van der Waals surface area contributed by atoms with E-state index in [9.17, 15) is 0 Å². The molecule has 2 heterocycles. The summed E-state index contributed by atoms with van der Waals surface area (Å²) in [5, 5.41) is 8.93. The fourth-order valence-electron chi connectivity index (χ4n) is 1.86. The van der Waals surface area contributed by atoms with Crippen molar-refractivity contribution in [2.75, 3.05) is 0 Å². The molecule has 0 amide bonds. The summed E-state index contributed by atoms with van der Waals surface area (Å²) in [4.78, 5) is 5.79. The summed E-state index contributed by atoms with van der Waals surface area (Å²) in [5.74, 6) is 0. The Hall–Kier alpha value is -1.20. The van der Waals surface area contributed by atoms with Crippen LogP contribution in [-0.4, -0.2) is 20.8 Å². The van der Waals surface area contributed by atoms with E-state index in [0.717, 1.165) is 28.9 Å². The Balaban J connectivity index is 1.76. The zero-order chi connectivity index (χ0) is 11.8. The molecule has 17 heavy (non-hydrogen) atoms. The Morgan fingerprint density at radius 1 is 1.53 bits per heavy atom. The summed E-state index contributed by atoms with van der Waals surface area (Å²) in [5.41, 5.74) is 2.19. The predicted molar refractivity (Wildman–Crippen MR) is 68.9 cm³/mol. The number of nitrogens with one attached hydrogen (secondary N) is 1. The molecule has 0 saturated heterocycles. The third kappa shape index (κ3) is 2.40. The van der Waals surface area contributed by atoms with E-state index in [2.05, 4.69) is 15.4 Å². The molecule has 0 aromatic carbocycles. The van der Waals surface area contributed by atoms with Crippen molar-refractivity contribution >= 4 is 11.3 Å². The van der Waals surface area contributed by atoms with Gasteiger partial charge in [-0.3, -0.25) is 4.68 Å². The maximum absolute atomic E-state index is 4.48. The molecule has 2 aromatic heterocycles. The van der Waals surface area contributed by atoms with E-state index in [1.54, 1.807) is 11.3 Å². The SMILES string of the molecule is Cc1nn(C)cc1-c1ncc(CNC2CC2)s1. The van der Waals surface area contributed by atoms with Crippen LogP contribution in [-0.2, 0) is 13.6 Å². The van der Waals surface area contributed by atoms with Gasteiger partial charge in [-0.1, -0.05) is 0 Å². The highest BCUT2D eigenvalue weighted by Gasteiger charge is 2.20. The average Bonchev–Trinajstić information content (AvgIpc) is 2.90. The van der Waals surface area contributed by atoms with Crippen LogP contribution in [0.15, 0.2) is 12.4 Å². The molecule has 5 heteroatoms.